The topological polar surface area (TPSA) is 64.3 Å². The van der Waals surface area contributed by atoms with Crippen molar-refractivity contribution in [2.45, 2.75) is 0 Å². The van der Waals surface area contributed by atoms with Crippen molar-refractivity contribution < 1.29 is 9.53 Å². The van der Waals surface area contributed by atoms with Crippen molar-refractivity contribution in [2.75, 3.05) is 18.2 Å². The number of nitrogens with one attached hydrogen (secondary N) is 1. The molecule has 0 aliphatic rings. The van der Waals surface area contributed by atoms with Crippen LogP contribution in [0.1, 0.15) is 10.4 Å². The molecule has 0 saturated heterocycles. The summed E-state index contributed by atoms with van der Waals surface area (Å²) in [6, 6.07) is 10.1. The molecule has 6 heteroatoms. The molecule has 0 heterocycles. The summed E-state index contributed by atoms with van der Waals surface area (Å²) in [6.07, 6.45) is 0. The number of amides is 1. The van der Waals surface area contributed by atoms with Gasteiger partial charge in [-0.25, -0.2) is 0 Å². The largest absolute Gasteiger partial charge is 0.495 e. The zero-order chi connectivity index (χ0) is 14.7. The van der Waals surface area contributed by atoms with Crippen LogP contribution in [0.5, 0.6) is 5.75 Å². The number of carbonyl (C=O) groups excluding carboxylic acids is 1. The third-order valence-electron chi connectivity index (χ3n) is 2.67. The van der Waals surface area contributed by atoms with E-state index in [1.807, 2.05) is 0 Å². The van der Waals surface area contributed by atoms with E-state index in [4.69, 9.17) is 22.1 Å². The first-order chi connectivity index (χ1) is 9.51. The molecule has 0 atom stereocenters. The third kappa shape index (κ3) is 3.23. The fourth-order valence-electron chi connectivity index (χ4n) is 1.66. The van der Waals surface area contributed by atoms with E-state index in [2.05, 4.69) is 21.2 Å². The molecular formula is C14H12BrClN2O2. The van der Waals surface area contributed by atoms with E-state index >= 15 is 0 Å². The fourth-order valence-corrected chi connectivity index (χ4v) is 2.22. The molecule has 20 heavy (non-hydrogen) atoms. The van der Waals surface area contributed by atoms with Crippen molar-refractivity contribution in [1.82, 2.24) is 0 Å². The Morgan fingerprint density at radius 2 is 2.05 bits per heavy atom. The number of hydrogen-bond donors (Lipinski definition) is 2. The van der Waals surface area contributed by atoms with Crippen LogP contribution in [0.4, 0.5) is 11.4 Å². The van der Waals surface area contributed by atoms with E-state index in [0.717, 1.165) is 4.47 Å². The van der Waals surface area contributed by atoms with E-state index in [1.165, 1.54) is 7.11 Å². The molecule has 104 valence electrons. The summed E-state index contributed by atoms with van der Waals surface area (Å²) in [4.78, 5) is 12.2. The van der Waals surface area contributed by atoms with Crippen molar-refractivity contribution >= 4 is 44.8 Å². The summed E-state index contributed by atoms with van der Waals surface area (Å²) < 4.78 is 5.88. The lowest BCUT2D eigenvalue weighted by Crippen LogP contribution is -2.14. The van der Waals surface area contributed by atoms with E-state index in [0.29, 0.717) is 27.7 Å². The Kier molecular flexibility index (Phi) is 4.52. The van der Waals surface area contributed by atoms with Gasteiger partial charge in [-0.05, 0) is 30.3 Å². The molecule has 0 saturated carbocycles. The normalized spacial score (nSPS) is 10.2. The molecule has 3 N–H and O–H groups in total. The average Bonchev–Trinajstić information content (AvgIpc) is 2.43. The summed E-state index contributed by atoms with van der Waals surface area (Å²) in [6.45, 7) is 0. The Morgan fingerprint density at radius 1 is 1.30 bits per heavy atom. The van der Waals surface area contributed by atoms with Crippen LogP contribution in [0.25, 0.3) is 0 Å². The molecule has 0 radical (unpaired) electrons. The molecule has 0 aliphatic carbocycles. The van der Waals surface area contributed by atoms with Crippen molar-refractivity contribution in [3.63, 3.8) is 0 Å². The minimum Gasteiger partial charge on any atom is -0.495 e. The highest BCUT2D eigenvalue weighted by Crippen LogP contribution is 2.28. The van der Waals surface area contributed by atoms with E-state index in [1.54, 1.807) is 36.4 Å². The lowest BCUT2D eigenvalue weighted by atomic mass is 10.1. The molecule has 4 nitrogen and oxygen atoms in total. The average molecular weight is 356 g/mol. The number of rotatable bonds is 3. The Hall–Kier alpha value is -1.72. The van der Waals surface area contributed by atoms with Crippen LogP contribution in [-0.2, 0) is 0 Å². The van der Waals surface area contributed by atoms with Crippen LogP contribution in [0, 0.1) is 0 Å². The van der Waals surface area contributed by atoms with Crippen molar-refractivity contribution in [3.8, 4) is 5.75 Å². The zero-order valence-corrected chi connectivity index (χ0v) is 13.0. The number of anilines is 2. The highest BCUT2D eigenvalue weighted by Gasteiger charge is 2.11. The van der Waals surface area contributed by atoms with E-state index < -0.39 is 0 Å². The third-order valence-corrected chi connectivity index (χ3v) is 3.47. The predicted octanol–water partition coefficient (Wildman–Crippen LogP) is 3.95. The summed E-state index contributed by atoms with van der Waals surface area (Å²) in [7, 11) is 1.51. The van der Waals surface area contributed by atoms with Crippen LogP contribution in [0.3, 0.4) is 0 Å². The molecule has 0 aliphatic heterocycles. The van der Waals surface area contributed by atoms with Crippen molar-refractivity contribution in [2.24, 2.45) is 0 Å². The van der Waals surface area contributed by atoms with Gasteiger partial charge in [0.1, 0.15) is 5.75 Å². The van der Waals surface area contributed by atoms with Gasteiger partial charge in [-0.1, -0.05) is 27.5 Å². The first kappa shape index (κ1) is 14.7. The number of methoxy groups -OCH3 is 1. The maximum absolute atomic E-state index is 12.2. The summed E-state index contributed by atoms with van der Waals surface area (Å²) in [5.74, 6) is 0.194. The first-order valence-electron chi connectivity index (χ1n) is 5.71. The standard InChI is InChI=1S/C14H12BrClN2O2/c1-20-13-7-9(3-4-11(13)16)18-14(19)10-6-8(15)2-5-12(10)17/h2-7H,17H2,1H3,(H,18,19). The van der Waals surface area contributed by atoms with Crippen LogP contribution in [-0.4, -0.2) is 13.0 Å². The minimum atomic E-state index is -0.298. The first-order valence-corrected chi connectivity index (χ1v) is 6.88. The second kappa shape index (κ2) is 6.15. The highest BCUT2D eigenvalue weighted by atomic mass is 79.9. The Morgan fingerprint density at radius 3 is 2.75 bits per heavy atom. The van der Waals surface area contributed by atoms with Gasteiger partial charge in [0.15, 0.2) is 0 Å². The van der Waals surface area contributed by atoms with Crippen LogP contribution >= 0.6 is 27.5 Å². The van der Waals surface area contributed by atoms with Gasteiger partial charge in [0.25, 0.3) is 5.91 Å². The number of halogens is 2. The number of benzene rings is 2. The second-order valence-electron chi connectivity index (χ2n) is 4.04. The summed E-state index contributed by atoms with van der Waals surface area (Å²) >= 11 is 9.24. The SMILES string of the molecule is COc1cc(NC(=O)c2cc(Br)ccc2N)ccc1Cl. The number of carbonyl (C=O) groups is 1. The zero-order valence-electron chi connectivity index (χ0n) is 10.6. The lowest BCUT2D eigenvalue weighted by Gasteiger charge is -2.10. The maximum Gasteiger partial charge on any atom is 0.257 e. The van der Waals surface area contributed by atoms with Gasteiger partial charge in [0.2, 0.25) is 0 Å². The van der Waals surface area contributed by atoms with Crippen LogP contribution in [0.2, 0.25) is 5.02 Å². The van der Waals surface area contributed by atoms with E-state index in [9.17, 15) is 4.79 Å². The number of ether oxygens (including phenoxy) is 1. The van der Waals surface area contributed by atoms with Gasteiger partial charge in [-0.15, -0.1) is 0 Å². The van der Waals surface area contributed by atoms with Gasteiger partial charge in [0, 0.05) is 21.9 Å². The quantitative estimate of drug-likeness (QED) is 0.820. The van der Waals surface area contributed by atoms with Gasteiger partial charge < -0.3 is 15.8 Å². The Labute approximate surface area is 130 Å². The van der Waals surface area contributed by atoms with Gasteiger partial charge in [-0.2, -0.15) is 0 Å². The van der Waals surface area contributed by atoms with Gasteiger partial charge in [0.05, 0.1) is 17.7 Å². The van der Waals surface area contributed by atoms with Crippen LogP contribution < -0.4 is 15.8 Å². The monoisotopic (exact) mass is 354 g/mol. The Balaban J connectivity index is 2.25. The molecule has 0 spiro atoms. The number of nitrogens with two attached hydrogens (primary N) is 1. The lowest BCUT2D eigenvalue weighted by molar-refractivity contribution is 0.102. The Bertz CT molecular complexity index is 662. The summed E-state index contributed by atoms with van der Waals surface area (Å²) in [5.41, 5.74) is 7.18. The smallest absolute Gasteiger partial charge is 0.257 e. The molecular weight excluding hydrogens is 344 g/mol. The minimum absolute atomic E-state index is 0.298. The molecule has 0 aromatic heterocycles. The number of hydrogen-bond acceptors (Lipinski definition) is 3. The predicted molar refractivity (Wildman–Crippen MR) is 84.5 cm³/mol. The maximum atomic E-state index is 12.2. The highest BCUT2D eigenvalue weighted by molar-refractivity contribution is 9.10. The molecule has 2 rings (SSSR count). The molecule has 2 aromatic carbocycles. The molecule has 0 fully saturated rings. The number of nitrogen functional groups attached to an aromatic ring is 1. The molecule has 2 aromatic rings. The second-order valence-corrected chi connectivity index (χ2v) is 5.36. The van der Waals surface area contributed by atoms with E-state index in [-0.39, 0.29) is 5.91 Å². The summed E-state index contributed by atoms with van der Waals surface area (Å²) in [5, 5.41) is 3.23. The molecule has 1 amide bonds. The van der Waals surface area contributed by atoms with Crippen molar-refractivity contribution in [1.29, 1.82) is 0 Å². The molecule has 0 unspecified atom stereocenters. The van der Waals surface area contributed by atoms with Crippen molar-refractivity contribution in [3.05, 3.63) is 51.5 Å². The molecule has 0 bridgehead atoms. The van der Waals surface area contributed by atoms with Gasteiger partial charge >= 0.3 is 0 Å². The van der Waals surface area contributed by atoms with Crippen LogP contribution in [0.15, 0.2) is 40.9 Å². The fraction of sp³-hybridized carbons (Fsp3) is 0.0714. The van der Waals surface area contributed by atoms with Gasteiger partial charge in [-0.3, -0.25) is 4.79 Å².